The van der Waals surface area contributed by atoms with E-state index in [1.54, 1.807) is 7.11 Å². The number of hydrogen-bond acceptors (Lipinski definition) is 6. The van der Waals surface area contributed by atoms with E-state index in [1.165, 1.54) is 6.33 Å². The predicted octanol–water partition coefficient (Wildman–Crippen LogP) is 0.761. The van der Waals surface area contributed by atoms with Crippen molar-refractivity contribution in [1.29, 1.82) is 0 Å². The van der Waals surface area contributed by atoms with E-state index in [0.29, 0.717) is 17.4 Å². The van der Waals surface area contributed by atoms with E-state index >= 15 is 0 Å². The SMILES string of the molecule is CCCNc1ncnc(N2CCCC2C(N)=O)c1OC. The molecule has 2 heterocycles. The van der Waals surface area contributed by atoms with Gasteiger partial charge >= 0.3 is 0 Å². The average Bonchev–Trinajstić information content (AvgIpc) is 2.93. The Balaban J connectivity index is 2.33. The van der Waals surface area contributed by atoms with Crippen LogP contribution in [-0.2, 0) is 4.79 Å². The maximum absolute atomic E-state index is 11.5. The van der Waals surface area contributed by atoms with Crippen LogP contribution in [0.15, 0.2) is 6.33 Å². The highest BCUT2D eigenvalue weighted by molar-refractivity contribution is 5.85. The maximum Gasteiger partial charge on any atom is 0.240 e. The van der Waals surface area contributed by atoms with Gasteiger partial charge in [0, 0.05) is 13.1 Å². The molecule has 20 heavy (non-hydrogen) atoms. The molecule has 110 valence electrons. The number of aromatic nitrogens is 2. The Hall–Kier alpha value is -2.05. The monoisotopic (exact) mass is 279 g/mol. The van der Waals surface area contributed by atoms with Gasteiger partial charge in [-0.3, -0.25) is 4.79 Å². The van der Waals surface area contributed by atoms with Crippen LogP contribution in [0.4, 0.5) is 11.6 Å². The summed E-state index contributed by atoms with van der Waals surface area (Å²) in [5, 5.41) is 3.20. The van der Waals surface area contributed by atoms with E-state index in [9.17, 15) is 4.79 Å². The third kappa shape index (κ3) is 2.76. The van der Waals surface area contributed by atoms with E-state index in [4.69, 9.17) is 10.5 Å². The lowest BCUT2D eigenvalue weighted by Crippen LogP contribution is -2.41. The summed E-state index contributed by atoms with van der Waals surface area (Å²) >= 11 is 0. The molecule has 1 aliphatic heterocycles. The Bertz CT molecular complexity index is 480. The first-order valence-corrected chi connectivity index (χ1v) is 6.87. The zero-order chi connectivity index (χ0) is 14.5. The second-order valence-corrected chi connectivity index (χ2v) is 4.76. The van der Waals surface area contributed by atoms with Gasteiger partial charge in [-0.05, 0) is 19.3 Å². The maximum atomic E-state index is 11.5. The van der Waals surface area contributed by atoms with Crippen LogP contribution in [-0.4, -0.2) is 42.1 Å². The van der Waals surface area contributed by atoms with Crippen LogP contribution in [0.3, 0.4) is 0 Å². The van der Waals surface area contributed by atoms with Crippen LogP contribution in [0.2, 0.25) is 0 Å². The molecule has 1 saturated heterocycles. The zero-order valence-electron chi connectivity index (χ0n) is 11.9. The molecule has 7 nitrogen and oxygen atoms in total. The largest absolute Gasteiger partial charge is 0.490 e. The fourth-order valence-electron chi connectivity index (χ4n) is 2.44. The molecular formula is C13H21N5O2. The summed E-state index contributed by atoms with van der Waals surface area (Å²) in [6.07, 6.45) is 4.13. The number of nitrogens with zero attached hydrogens (tertiary/aromatic N) is 3. The number of nitrogens with two attached hydrogens (primary N) is 1. The van der Waals surface area contributed by atoms with Crippen molar-refractivity contribution >= 4 is 17.5 Å². The summed E-state index contributed by atoms with van der Waals surface area (Å²) in [7, 11) is 1.58. The first-order chi connectivity index (χ1) is 9.69. The highest BCUT2D eigenvalue weighted by atomic mass is 16.5. The van der Waals surface area contributed by atoms with Gasteiger partial charge < -0.3 is 20.7 Å². The van der Waals surface area contributed by atoms with Crippen LogP contribution >= 0.6 is 0 Å². The summed E-state index contributed by atoms with van der Waals surface area (Å²) in [4.78, 5) is 21.9. The fraction of sp³-hybridized carbons (Fsp3) is 0.615. The summed E-state index contributed by atoms with van der Waals surface area (Å²) < 4.78 is 5.43. The van der Waals surface area contributed by atoms with E-state index in [-0.39, 0.29) is 11.9 Å². The number of carbonyl (C=O) groups is 1. The minimum Gasteiger partial charge on any atom is -0.490 e. The molecule has 0 aromatic carbocycles. The third-order valence-electron chi connectivity index (χ3n) is 3.38. The van der Waals surface area contributed by atoms with Crippen molar-refractivity contribution in [3.63, 3.8) is 0 Å². The zero-order valence-corrected chi connectivity index (χ0v) is 11.9. The van der Waals surface area contributed by atoms with Gasteiger partial charge in [-0.2, -0.15) is 0 Å². The second kappa shape index (κ2) is 6.40. The summed E-state index contributed by atoms with van der Waals surface area (Å²) in [5.74, 6) is 1.51. The van der Waals surface area contributed by atoms with Gasteiger partial charge in [0.05, 0.1) is 7.11 Å². The third-order valence-corrected chi connectivity index (χ3v) is 3.38. The molecule has 1 unspecified atom stereocenters. The van der Waals surface area contributed by atoms with Gasteiger partial charge in [-0.15, -0.1) is 0 Å². The average molecular weight is 279 g/mol. The molecule has 1 fully saturated rings. The Morgan fingerprint density at radius 2 is 2.40 bits per heavy atom. The number of amides is 1. The lowest BCUT2D eigenvalue weighted by molar-refractivity contribution is -0.119. The van der Waals surface area contributed by atoms with Gasteiger partial charge in [0.1, 0.15) is 12.4 Å². The van der Waals surface area contributed by atoms with Gasteiger partial charge in [0.25, 0.3) is 0 Å². The predicted molar refractivity (Wildman–Crippen MR) is 76.9 cm³/mol. The highest BCUT2D eigenvalue weighted by Crippen LogP contribution is 2.35. The first-order valence-electron chi connectivity index (χ1n) is 6.87. The number of nitrogens with one attached hydrogen (secondary N) is 1. The molecule has 1 atom stereocenters. The van der Waals surface area contributed by atoms with Crippen LogP contribution in [0.25, 0.3) is 0 Å². The number of carbonyl (C=O) groups excluding carboxylic acids is 1. The molecule has 0 saturated carbocycles. The molecule has 0 spiro atoms. The lowest BCUT2D eigenvalue weighted by atomic mass is 10.2. The molecule has 1 amide bonds. The lowest BCUT2D eigenvalue weighted by Gasteiger charge is -2.25. The molecule has 3 N–H and O–H groups in total. The van der Waals surface area contributed by atoms with E-state index < -0.39 is 0 Å². The standard InChI is InChI=1S/C13H21N5O2/c1-3-6-15-12-10(20-2)13(17-8-16-12)18-7-4-5-9(18)11(14)19/h8-9H,3-7H2,1-2H3,(H2,14,19)(H,15,16,17). The molecule has 1 aromatic heterocycles. The van der Waals surface area contributed by atoms with Crippen LogP contribution in [0.1, 0.15) is 26.2 Å². The van der Waals surface area contributed by atoms with Gasteiger partial charge in [-0.25, -0.2) is 9.97 Å². The number of primary amides is 1. The fourth-order valence-corrected chi connectivity index (χ4v) is 2.44. The molecule has 7 heteroatoms. The number of hydrogen-bond donors (Lipinski definition) is 2. The minimum atomic E-state index is -0.328. The molecule has 1 aliphatic rings. The van der Waals surface area contributed by atoms with Crippen molar-refractivity contribution in [1.82, 2.24) is 9.97 Å². The van der Waals surface area contributed by atoms with Crippen molar-refractivity contribution in [2.24, 2.45) is 5.73 Å². The highest BCUT2D eigenvalue weighted by Gasteiger charge is 2.32. The minimum absolute atomic E-state index is 0.321. The van der Waals surface area contributed by atoms with Gasteiger partial charge in [0.2, 0.25) is 11.7 Å². The number of methoxy groups -OCH3 is 1. The van der Waals surface area contributed by atoms with Crippen molar-refractivity contribution < 1.29 is 9.53 Å². The van der Waals surface area contributed by atoms with Crippen LogP contribution in [0, 0.1) is 0 Å². The number of ether oxygens (including phenoxy) is 1. The van der Waals surface area contributed by atoms with Crippen LogP contribution in [0.5, 0.6) is 5.75 Å². The summed E-state index contributed by atoms with van der Waals surface area (Å²) in [5.41, 5.74) is 5.45. The summed E-state index contributed by atoms with van der Waals surface area (Å²) in [6.45, 7) is 3.62. The van der Waals surface area contributed by atoms with Crippen molar-refractivity contribution in [2.75, 3.05) is 30.4 Å². The summed E-state index contributed by atoms with van der Waals surface area (Å²) in [6, 6.07) is -0.321. The quantitative estimate of drug-likeness (QED) is 0.798. The van der Waals surface area contributed by atoms with Crippen LogP contribution < -0.4 is 20.7 Å². The smallest absolute Gasteiger partial charge is 0.240 e. The van der Waals surface area contributed by atoms with Gasteiger partial charge in [0.15, 0.2) is 11.6 Å². The molecule has 0 bridgehead atoms. The Labute approximate surface area is 118 Å². The van der Waals surface area contributed by atoms with E-state index in [2.05, 4.69) is 22.2 Å². The van der Waals surface area contributed by atoms with E-state index in [0.717, 1.165) is 32.4 Å². The normalized spacial score (nSPS) is 18.1. The molecule has 0 radical (unpaired) electrons. The number of rotatable bonds is 6. The molecular weight excluding hydrogens is 258 g/mol. The van der Waals surface area contributed by atoms with Crippen molar-refractivity contribution in [3.8, 4) is 5.75 Å². The number of anilines is 2. The Kier molecular flexibility index (Phi) is 4.60. The van der Waals surface area contributed by atoms with Crippen molar-refractivity contribution in [3.05, 3.63) is 6.33 Å². The van der Waals surface area contributed by atoms with Crippen molar-refractivity contribution in [2.45, 2.75) is 32.2 Å². The Morgan fingerprint density at radius 3 is 3.05 bits per heavy atom. The molecule has 0 aliphatic carbocycles. The van der Waals surface area contributed by atoms with Gasteiger partial charge in [-0.1, -0.05) is 6.92 Å². The molecule has 2 rings (SSSR count). The van der Waals surface area contributed by atoms with E-state index in [1.807, 2.05) is 4.90 Å². The first kappa shape index (κ1) is 14.4. The molecule has 1 aromatic rings. The second-order valence-electron chi connectivity index (χ2n) is 4.76. The Morgan fingerprint density at radius 1 is 1.60 bits per heavy atom. The topological polar surface area (TPSA) is 93.4 Å².